The van der Waals surface area contributed by atoms with Gasteiger partial charge in [-0.2, -0.15) is 0 Å². The molecule has 0 radical (unpaired) electrons. The first-order chi connectivity index (χ1) is 17.3. The van der Waals surface area contributed by atoms with Crippen molar-refractivity contribution in [2.24, 2.45) is 0 Å². The molecule has 0 aliphatic heterocycles. The molecule has 0 aromatic carbocycles. The lowest BCUT2D eigenvalue weighted by atomic mass is 10.0. The van der Waals surface area contributed by atoms with Crippen molar-refractivity contribution >= 4 is 25.0 Å². The molecule has 0 heterocycles. The van der Waals surface area contributed by atoms with Crippen molar-refractivity contribution in [1.29, 1.82) is 0 Å². The number of hydrogen-bond donors (Lipinski definition) is 2. The van der Waals surface area contributed by atoms with Crippen molar-refractivity contribution in [3.63, 3.8) is 0 Å². The van der Waals surface area contributed by atoms with E-state index in [1.165, 1.54) is 12.8 Å². The van der Waals surface area contributed by atoms with Gasteiger partial charge in [-0.25, -0.2) is 0 Å². The van der Waals surface area contributed by atoms with E-state index in [1.54, 1.807) is 0 Å². The van der Waals surface area contributed by atoms with Gasteiger partial charge in [-0.05, 0) is 60.8 Å². The van der Waals surface area contributed by atoms with Crippen LogP contribution in [0.15, 0.2) is 0 Å². The third-order valence-corrected chi connectivity index (χ3v) is 22.7. The van der Waals surface area contributed by atoms with Gasteiger partial charge in [0.05, 0.1) is 6.61 Å². The second-order valence-electron chi connectivity index (χ2n) is 15.9. The molecule has 0 fully saturated rings. The Labute approximate surface area is 246 Å². The van der Waals surface area contributed by atoms with Crippen LogP contribution in [0.4, 0.5) is 0 Å². The van der Waals surface area contributed by atoms with Crippen molar-refractivity contribution in [3.8, 4) is 11.8 Å². The van der Waals surface area contributed by atoms with Crippen LogP contribution in [0.5, 0.6) is 0 Å². The lowest BCUT2D eigenvalue weighted by molar-refractivity contribution is -0.0932. The van der Waals surface area contributed by atoms with Gasteiger partial charge in [0.1, 0.15) is 24.4 Å². The molecule has 0 bridgehead atoms. The number of aliphatic hydroxyl groups excluding tert-OH is 2. The Morgan fingerprint density at radius 3 is 1.56 bits per heavy atom. The van der Waals surface area contributed by atoms with Crippen LogP contribution in [0.2, 0.25) is 54.4 Å². The van der Waals surface area contributed by atoms with E-state index in [0.29, 0.717) is 0 Å². The molecule has 2 N–H and O–H groups in total. The zero-order valence-corrected chi connectivity index (χ0v) is 31.7. The summed E-state index contributed by atoms with van der Waals surface area (Å²) >= 11 is 0. The molecule has 4 atom stereocenters. The first kappa shape index (κ1) is 39.0. The topological polar surface area (TPSA) is 68.2 Å². The molecule has 232 valence electrons. The van der Waals surface area contributed by atoms with Gasteiger partial charge in [0, 0.05) is 6.42 Å². The zero-order valence-electron chi connectivity index (χ0n) is 28.7. The number of unbranched alkanes of at least 4 members (excludes halogenated alkanes) is 4. The quantitative estimate of drug-likeness (QED) is 0.119. The Kier molecular flexibility index (Phi) is 15.0. The van der Waals surface area contributed by atoms with Crippen molar-refractivity contribution in [1.82, 2.24) is 0 Å². The first-order valence-electron chi connectivity index (χ1n) is 15.1. The number of aliphatic hydroxyl groups is 2. The summed E-state index contributed by atoms with van der Waals surface area (Å²) in [6.07, 6.45) is 1.69. The maximum absolute atomic E-state index is 11.7. The maximum atomic E-state index is 11.7. The Morgan fingerprint density at radius 1 is 0.667 bits per heavy atom. The van der Waals surface area contributed by atoms with Crippen LogP contribution in [-0.4, -0.2) is 66.2 Å². The first-order valence-corrected chi connectivity index (χ1v) is 23.9. The molecule has 0 rings (SSSR count). The highest BCUT2D eigenvalue weighted by molar-refractivity contribution is 6.75. The minimum Gasteiger partial charge on any atom is -0.414 e. The normalized spacial score (nSPS) is 17.3. The van der Waals surface area contributed by atoms with E-state index in [2.05, 4.69) is 120 Å². The van der Waals surface area contributed by atoms with Gasteiger partial charge < -0.3 is 23.5 Å². The van der Waals surface area contributed by atoms with Gasteiger partial charge in [0.2, 0.25) is 0 Å². The Morgan fingerprint density at radius 2 is 1.13 bits per heavy atom. The summed E-state index contributed by atoms with van der Waals surface area (Å²) in [7, 11) is -6.73. The minimum absolute atomic E-state index is 0.00590. The van der Waals surface area contributed by atoms with Gasteiger partial charge >= 0.3 is 0 Å². The van der Waals surface area contributed by atoms with Crippen LogP contribution in [0.3, 0.4) is 0 Å². The zero-order chi connectivity index (χ0) is 31.1. The summed E-state index contributed by atoms with van der Waals surface area (Å²) in [5.74, 6) is 6.75. The molecule has 2 unspecified atom stereocenters. The second-order valence-corrected chi connectivity index (χ2v) is 30.2. The summed E-state index contributed by atoms with van der Waals surface area (Å²) in [5.41, 5.74) is 0. The van der Waals surface area contributed by atoms with E-state index < -0.39 is 49.4 Å². The fourth-order valence-electron chi connectivity index (χ4n) is 3.14. The molecular formula is C31H66O5Si3. The molecule has 0 amide bonds. The van der Waals surface area contributed by atoms with E-state index in [-0.39, 0.29) is 21.7 Å². The second kappa shape index (κ2) is 15.0. The fraction of sp³-hybridized carbons (Fsp3) is 0.935. The van der Waals surface area contributed by atoms with Crippen LogP contribution in [0.25, 0.3) is 0 Å². The molecule has 0 saturated carbocycles. The Hall–Kier alpha value is 0.0106. The van der Waals surface area contributed by atoms with Gasteiger partial charge in [-0.3, -0.25) is 0 Å². The third kappa shape index (κ3) is 12.4. The van der Waals surface area contributed by atoms with E-state index >= 15 is 0 Å². The minimum atomic E-state index is -2.35. The predicted molar refractivity (Wildman–Crippen MR) is 176 cm³/mol. The predicted octanol–water partition coefficient (Wildman–Crippen LogP) is 8.48. The molecule has 39 heavy (non-hydrogen) atoms. The van der Waals surface area contributed by atoms with Gasteiger partial charge in [-0.15, -0.1) is 5.92 Å². The van der Waals surface area contributed by atoms with E-state index in [1.807, 2.05) is 0 Å². The monoisotopic (exact) mass is 602 g/mol. The summed E-state index contributed by atoms with van der Waals surface area (Å²) < 4.78 is 20.1. The Balaban J connectivity index is 6.44. The van der Waals surface area contributed by atoms with Gasteiger partial charge in [-0.1, -0.05) is 94.4 Å². The number of hydrogen-bond acceptors (Lipinski definition) is 5. The van der Waals surface area contributed by atoms with E-state index in [4.69, 9.17) is 13.3 Å². The van der Waals surface area contributed by atoms with Gasteiger partial charge in [0.15, 0.2) is 25.0 Å². The van der Waals surface area contributed by atoms with Crippen molar-refractivity contribution in [3.05, 3.63) is 0 Å². The molecule has 5 nitrogen and oxygen atoms in total. The molecule has 0 aliphatic rings. The summed E-state index contributed by atoms with van der Waals surface area (Å²) in [4.78, 5) is 0. The molecule has 0 spiro atoms. The molecule has 0 saturated heterocycles. The summed E-state index contributed by atoms with van der Waals surface area (Å²) in [6, 6.07) is 0. The smallest absolute Gasteiger partial charge is 0.193 e. The van der Waals surface area contributed by atoms with Crippen LogP contribution in [-0.2, 0) is 13.3 Å². The summed E-state index contributed by atoms with van der Waals surface area (Å²) in [5, 5.41) is 22.9. The highest BCUT2D eigenvalue weighted by Crippen LogP contribution is 2.41. The Bertz CT molecular complexity index is 779. The van der Waals surface area contributed by atoms with Crippen LogP contribution >= 0.6 is 0 Å². The lowest BCUT2D eigenvalue weighted by Gasteiger charge is -2.45. The summed E-state index contributed by atoms with van der Waals surface area (Å²) in [6.45, 7) is 35.0. The fourth-order valence-corrected chi connectivity index (χ4v) is 6.64. The highest BCUT2D eigenvalue weighted by Gasteiger charge is 2.48. The van der Waals surface area contributed by atoms with Crippen molar-refractivity contribution in [2.45, 2.75) is 180 Å². The standard InChI is InChI=1S/C31H66O5Si3/c1-17-18-19-20-21-22-23-26(35-38(13,14)30(5,6)7)28(36-39(15,16)31(8,9)10)27(33)25(32)24-34-37(11,12)29(2,3)4/h25-28,32-33H,17-21,24H2,1-16H3/t25?,26-,27?,28+/m0/s1. The lowest BCUT2D eigenvalue weighted by Crippen LogP contribution is -2.58. The van der Waals surface area contributed by atoms with Crippen molar-refractivity contribution in [2.75, 3.05) is 6.61 Å². The number of rotatable bonds is 14. The van der Waals surface area contributed by atoms with Crippen LogP contribution in [0, 0.1) is 11.8 Å². The van der Waals surface area contributed by atoms with E-state index in [0.717, 1.165) is 19.3 Å². The maximum Gasteiger partial charge on any atom is 0.193 e. The SMILES string of the molecule is CCCCCCC#C[C@H](O[Si](C)(C)C(C)(C)C)[C@@H](O[Si](C)(C)C(C)(C)C)C(O)C(O)CO[Si](C)(C)C(C)(C)C. The average molecular weight is 603 g/mol. The molecule has 0 aliphatic carbocycles. The largest absolute Gasteiger partial charge is 0.414 e. The highest BCUT2D eigenvalue weighted by atomic mass is 28.4. The van der Waals surface area contributed by atoms with Gasteiger partial charge in [0.25, 0.3) is 0 Å². The molecule has 8 heteroatoms. The molecule has 0 aromatic rings. The third-order valence-electron chi connectivity index (χ3n) is 9.31. The van der Waals surface area contributed by atoms with E-state index in [9.17, 15) is 10.2 Å². The molecular weight excluding hydrogens is 537 g/mol. The van der Waals surface area contributed by atoms with Crippen LogP contribution in [0.1, 0.15) is 101 Å². The molecule has 0 aromatic heterocycles. The van der Waals surface area contributed by atoms with Crippen molar-refractivity contribution < 1.29 is 23.5 Å². The van der Waals surface area contributed by atoms with Crippen LogP contribution < -0.4 is 0 Å². The average Bonchev–Trinajstić information content (AvgIpc) is 2.74.